The fourth-order valence-corrected chi connectivity index (χ4v) is 5.13. The van der Waals surface area contributed by atoms with Crippen LogP contribution in [0.25, 0.3) is 0 Å². The van der Waals surface area contributed by atoms with Crippen LogP contribution in [-0.2, 0) is 9.59 Å². The van der Waals surface area contributed by atoms with Gasteiger partial charge in [-0.25, -0.2) is 0 Å². The molecule has 0 saturated heterocycles. The summed E-state index contributed by atoms with van der Waals surface area (Å²) in [5.41, 5.74) is 0. The molecule has 0 aromatic heterocycles. The second-order valence-electron chi connectivity index (χ2n) is 7.10. The van der Waals surface area contributed by atoms with E-state index in [0.29, 0.717) is 18.4 Å². The first kappa shape index (κ1) is 13.9. The number of rotatable bonds is 4. The third-order valence-corrected chi connectivity index (χ3v) is 5.64. The summed E-state index contributed by atoms with van der Waals surface area (Å²) in [7, 11) is 1.78. The smallest absolute Gasteiger partial charge is 0.239 e. The van der Waals surface area contributed by atoms with Crippen molar-refractivity contribution in [1.82, 2.24) is 10.2 Å². The summed E-state index contributed by atoms with van der Waals surface area (Å²) in [6, 6.07) is 0. The Bertz CT molecular complexity index is 379. The Hall–Kier alpha value is -1.06. The topological polar surface area (TPSA) is 49.4 Å². The zero-order valence-electron chi connectivity index (χ0n) is 12.6. The van der Waals surface area contributed by atoms with E-state index in [0.717, 1.165) is 11.8 Å². The average molecular weight is 278 g/mol. The normalized spacial score (nSPS) is 37.8. The maximum atomic E-state index is 12.7. The molecule has 4 rings (SSSR count). The van der Waals surface area contributed by atoms with Crippen molar-refractivity contribution in [2.45, 2.75) is 39.0 Å². The van der Waals surface area contributed by atoms with Crippen molar-refractivity contribution in [3.63, 3.8) is 0 Å². The third-order valence-electron chi connectivity index (χ3n) is 5.64. The maximum absolute atomic E-state index is 12.7. The molecule has 4 heteroatoms. The molecule has 0 radical (unpaired) electrons. The Morgan fingerprint density at radius 2 is 1.60 bits per heavy atom. The van der Waals surface area contributed by atoms with Crippen LogP contribution in [0.5, 0.6) is 0 Å². The fraction of sp³-hybridized carbons (Fsp3) is 0.875. The monoisotopic (exact) mass is 278 g/mol. The van der Waals surface area contributed by atoms with Crippen molar-refractivity contribution in [2.75, 3.05) is 20.1 Å². The van der Waals surface area contributed by atoms with Crippen LogP contribution in [-0.4, -0.2) is 36.9 Å². The van der Waals surface area contributed by atoms with Crippen molar-refractivity contribution < 1.29 is 9.59 Å². The largest absolute Gasteiger partial charge is 0.355 e. The van der Waals surface area contributed by atoms with Gasteiger partial charge in [-0.05, 0) is 62.7 Å². The van der Waals surface area contributed by atoms with Crippen LogP contribution in [0.4, 0.5) is 0 Å². The van der Waals surface area contributed by atoms with E-state index < -0.39 is 0 Å². The molecule has 4 aliphatic carbocycles. The van der Waals surface area contributed by atoms with E-state index in [2.05, 4.69) is 5.32 Å². The van der Waals surface area contributed by atoms with Crippen LogP contribution in [0.1, 0.15) is 39.0 Å². The first-order valence-corrected chi connectivity index (χ1v) is 8.10. The molecule has 4 nitrogen and oxygen atoms in total. The molecular weight excluding hydrogens is 252 g/mol. The molecule has 4 aliphatic rings. The molecule has 4 bridgehead atoms. The van der Waals surface area contributed by atoms with Gasteiger partial charge < -0.3 is 10.2 Å². The summed E-state index contributed by atoms with van der Waals surface area (Å²) in [4.78, 5) is 26.0. The first-order valence-electron chi connectivity index (χ1n) is 8.10. The number of hydrogen-bond acceptors (Lipinski definition) is 2. The maximum Gasteiger partial charge on any atom is 0.239 e. The molecule has 0 atom stereocenters. The molecule has 0 spiro atoms. The van der Waals surface area contributed by atoms with E-state index in [1.165, 1.54) is 32.1 Å². The number of nitrogens with one attached hydrogen (secondary N) is 1. The predicted molar refractivity (Wildman–Crippen MR) is 76.9 cm³/mol. The summed E-state index contributed by atoms with van der Waals surface area (Å²) in [5, 5.41) is 2.77. The van der Waals surface area contributed by atoms with E-state index in [1.807, 2.05) is 6.92 Å². The van der Waals surface area contributed by atoms with Gasteiger partial charge in [0.15, 0.2) is 0 Å². The van der Waals surface area contributed by atoms with Gasteiger partial charge in [0.1, 0.15) is 0 Å². The van der Waals surface area contributed by atoms with Crippen molar-refractivity contribution in [3.8, 4) is 0 Å². The lowest BCUT2D eigenvalue weighted by atomic mass is 9.51. The Kier molecular flexibility index (Phi) is 3.74. The number of carbonyl (C=O) groups is 2. The molecule has 4 saturated carbocycles. The quantitative estimate of drug-likeness (QED) is 0.850. The molecular formula is C16H26N2O2. The van der Waals surface area contributed by atoms with Gasteiger partial charge in [-0.3, -0.25) is 9.59 Å². The van der Waals surface area contributed by atoms with Gasteiger partial charge in [-0.1, -0.05) is 0 Å². The minimum absolute atomic E-state index is 0.0489. The summed E-state index contributed by atoms with van der Waals surface area (Å²) in [5.74, 6) is 3.32. The number of hydrogen-bond donors (Lipinski definition) is 1. The highest BCUT2D eigenvalue weighted by Gasteiger charge is 2.51. The standard InChI is InChI=1S/C16H26N2O2/c1-3-17-14(19)9-18(2)16(20)15-12-5-10-4-11(7-12)8-13(15)6-10/h10-13,15H,3-9H2,1-2H3,(H,17,19). The van der Waals surface area contributed by atoms with E-state index in [1.54, 1.807) is 11.9 Å². The van der Waals surface area contributed by atoms with Crippen LogP contribution in [0.3, 0.4) is 0 Å². The Balaban J connectivity index is 1.63. The van der Waals surface area contributed by atoms with E-state index in [9.17, 15) is 9.59 Å². The minimum atomic E-state index is -0.0489. The van der Waals surface area contributed by atoms with Gasteiger partial charge in [0, 0.05) is 19.5 Å². The van der Waals surface area contributed by atoms with Crippen molar-refractivity contribution in [2.24, 2.45) is 29.6 Å². The van der Waals surface area contributed by atoms with Gasteiger partial charge in [0.2, 0.25) is 11.8 Å². The highest BCUT2D eigenvalue weighted by molar-refractivity contribution is 5.86. The van der Waals surface area contributed by atoms with Crippen LogP contribution in [0, 0.1) is 29.6 Å². The lowest BCUT2D eigenvalue weighted by molar-refractivity contribution is -0.149. The summed E-state index contributed by atoms with van der Waals surface area (Å²) < 4.78 is 0. The molecule has 1 N–H and O–H groups in total. The molecule has 2 amide bonds. The highest BCUT2D eigenvalue weighted by atomic mass is 16.2. The number of amides is 2. The number of nitrogens with zero attached hydrogens (tertiary/aromatic N) is 1. The molecule has 0 aromatic carbocycles. The number of likely N-dealkylation sites (N-methyl/N-ethyl adjacent to an activating group) is 2. The van der Waals surface area contributed by atoms with Crippen molar-refractivity contribution in [1.29, 1.82) is 0 Å². The van der Waals surface area contributed by atoms with E-state index in [4.69, 9.17) is 0 Å². The Labute approximate surface area is 121 Å². The second-order valence-corrected chi connectivity index (χ2v) is 7.10. The van der Waals surface area contributed by atoms with Crippen LogP contribution >= 0.6 is 0 Å². The van der Waals surface area contributed by atoms with Crippen LogP contribution in [0.2, 0.25) is 0 Å². The van der Waals surface area contributed by atoms with Crippen LogP contribution in [0.15, 0.2) is 0 Å². The van der Waals surface area contributed by atoms with Gasteiger partial charge in [0.25, 0.3) is 0 Å². The third kappa shape index (κ3) is 2.45. The van der Waals surface area contributed by atoms with E-state index >= 15 is 0 Å². The average Bonchev–Trinajstić information content (AvgIpc) is 2.37. The van der Waals surface area contributed by atoms with Crippen molar-refractivity contribution >= 4 is 11.8 Å². The molecule has 0 heterocycles. The zero-order chi connectivity index (χ0) is 14.3. The molecule has 4 fully saturated rings. The highest BCUT2D eigenvalue weighted by Crippen LogP contribution is 2.56. The second kappa shape index (κ2) is 5.38. The van der Waals surface area contributed by atoms with Crippen molar-refractivity contribution in [3.05, 3.63) is 0 Å². The Morgan fingerprint density at radius 1 is 1.05 bits per heavy atom. The minimum Gasteiger partial charge on any atom is -0.355 e. The summed E-state index contributed by atoms with van der Waals surface area (Å²) in [6.07, 6.45) is 6.40. The number of carbonyl (C=O) groups excluding carboxylic acids is 2. The zero-order valence-corrected chi connectivity index (χ0v) is 12.6. The molecule has 20 heavy (non-hydrogen) atoms. The molecule has 112 valence electrons. The molecule has 0 aromatic rings. The molecule has 0 unspecified atom stereocenters. The first-order chi connectivity index (χ1) is 9.58. The lowest BCUT2D eigenvalue weighted by Crippen LogP contribution is -2.52. The van der Waals surface area contributed by atoms with Gasteiger partial charge in [-0.15, -0.1) is 0 Å². The van der Waals surface area contributed by atoms with Crippen LogP contribution < -0.4 is 5.32 Å². The van der Waals surface area contributed by atoms with E-state index in [-0.39, 0.29) is 24.3 Å². The summed E-state index contributed by atoms with van der Waals surface area (Å²) >= 11 is 0. The van der Waals surface area contributed by atoms with Gasteiger partial charge in [-0.2, -0.15) is 0 Å². The SMILES string of the molecule is CCNC(=O)CN(C)C(=O)C1C2CC3CC(C2)CC1C3. The Morgan fingerprint density at radius 3 is 2.10 bits per heavy atom. The lowest BCUT2D eigenvalue weighted by Gasteiger charge is -2.54. The van der Waals surface area contributed by atoms with Gasteiger partial charge >= 0.3 is 0 Å². The fourth-order valence-electron chi connectivity index (χ4n) is 5.13. The summed E-state index contributed by atoms with van der Waals surface area (Å²) in [6.45, 7) is 2.73. The molecule has 0 aliphatic heterocycles. The van der Waals surface area contributed by atoms with Gasteiger partial charge in [0.05, 0.1) is 6.54 Å². The predicted octanol–water partition coefficient (Wildman–Crippen LogP) is 1.65.